The van der Waals surface area contributed by atoms with E-state index < -0.39 is 0 Å². The van der Waals surface area contributed by atoms with Crippen LogP contribution >= 0.6 is 11.8 Å². The van der Waals surface area contributed by atoms with Gasteiger partial charge in [0.05, 0.1) is 7.11 Å². The Balaban J connectivity index is 1.84. The van der Waals surface area contributed by atoms with Crippen molar-refractivity contribution >= 4 is 11.8 Å². The van der Waals surface area contributed by atoms with Gasteiger partial charge in [-0.05, 0) is 65.3 Å². The minimum atomic E-state index is -0.227. The lowest BCUT2D eigenvalue weighted by molar-refractivity contribution is -0.379. The van der Waals surface area contributed by atoms with Gasteiger partial charge in [-0.15, -0.1) is 0 Å². The van der Waals surface area contributed by atoms with E-state index in [2.05, 4.69) is 42.1 Å². The van der Waals surface area contributed by atoms with Crippen LogP contribution in [0.15, 0.2) is 83.9 Å². The van der Waals surface area contributed by atoms with Crippen molar-refractivity contribution in [3.63, 3.8) is 0 Å². The van der Waals surface area contributed by atoms with Crippen LogP contribution in [-0.4, -0.2) is 12.5 Å². The molecule has 0 aliphatic heterocycles. The molecule has 5 heteroatoms. The molecule has 0 heterocycles. The highest BCUT2D eigenvalue weighted by molar-refractivity contribution is 8.02. The number of methoxy groups -OCH3 is 1. The van der Waals surface area contributed by atoms with E-state index in [9.17, 15) is 4.39 Å². The van der Waals surface area contributed by atoms with E-state index in [1.54, 1.807) is 31.0 Å². The van der Waals surface area contributed by atoms with E-state index >= 15 is 0 Å². The molecule has 0 bridgehead atoms. The molecule has 3 nitrogen and oxygen atoms in total. The molecular formula is C25H28FN2OS+. The maximum absolute atomic E-state index is 13.2. The highest BCUT2D eigenvalue weighted by atomic mass is 32.2. The molecule has 0 aromatic heterocycles. The monoisotopic (exact) mass is 423 g/mol. The first-order valence-corrected chi connectivity index (χ1v) is 10.8. The normalized spacial score (nSPS) is 13.7. The molecule has 0 saturated carbocycles. The third-order valence-corrected chi connectivity index (χ3v) is 5.80. The minimum absolute atomic E-state index is 0.0545. The molecule has 3 aromatic rings. The third-order valence-electron chi connectivity index (χ3n) is 4.93. The summed E-state index contributed by atoms with van der Waals surface area (Å²) in [6, 6.07) is 23.0. The quantitative estimate of drug-likeness (QED) is 0.504. The summed E-state index contributed by atoms with van der Waals surface area (Å²) in [5.41, 5.74) is 15.7. The van der Waals surface area contributed by atoms with E-state index in [1.165, 1.54) is 17.7 Å². The first-order chi connectivity index (χ1) is 14.5. The molecule has 30 heavy (non-hydrogen) atoms. The van der Waals surface area contributed by atoms with Crippen molar-refractivity contribution in [2.45, 2.75) is 24.6 Å². The fourth-order valence-corrected chi connectivity index (χ4v) is 3.81. The van der Waals surface area contributed by atoms with E-state index in [-0.39, 0.29) is 17.1 Å². The molecule has 0 saturated heterocycles. The highest BCUT2D eigenvalue weighted by Crippen LogP contribution is 2.30. The smallest absolute Gasteiger partial charge is 0.132 e. The summed E-state index contributed by atoms with van der Waals surface area (Å²) >= 11 is 1.63. The molecule has 3 rings (SSSR count). The second-order valence-electron chi connectivity index (χ2n) is 7.30. The van der Waals surface area contributed by atoms with E-state index in [0.717, 1.165) is 34.6 Å². The van der Waals surface area contributed by atoms with Gasteiger partial charge in [0.2, 0.25) is 0 Å². The van der Waals surface area contributed by atoms with E-state index in [0.29, 0.717) is 0 Å². The molecule has 0 amide bonds. The molecule has 0 radical (unpaired) electrons. The van der Waals surface area contributed by atoms with Crippen molar-refractivity contribution in [1.82, 2.24) is 0 Å². The van der Waals surface area contributed by atoms with Gasteiger partial charge in [0.15, 0.2) is 0 Å². The van der Waals surface area contributed by atoms with Crippen LogP contribution in [0.3, 0.4) is 0 Å². The Morgan fingerprint density at radius 1 is 1.00 bits per heavy atom. The van der Waals surface area contributed by atoms with Gasteiger partial charge >= 0.3 is 0 Å². The van der Waals surface area contributed by atoms with Gasteiger partial charge in [-0.1, -0.05) is 60.3 Å². The van der Waals surface area contributed by atoms with Gasteiger partial charge in [0, 0.05) is 11.6 Å². The van der Waals surface area contributed by atoms with Crippen molar-refractivity contribution in [1.29, 1.82) is 0 Å². The van der Waals surface area contributed by atoms with Crippen LogP contribution < -0.4 is 16.2 Å². The summed E-state index contributed by atoms with van der Waals surface area (Å²) in [7, 11) is 1.66. The summed E-state index contributed by atoms with van der Waals surface area (Å²) in [6.07, 6.45) is 0.782. The van der Waals surface area contributed by atoms with Gasteiger partial charge in [-0.2, -0.15) is 0 Å². The standard InChI is InChI=1S/C25H27FN2OS/c1-17(27)30-16-25(28)24(21-9-13-23(29-2)14-10-21)15-18-3-5-19(6-4-18)20-7-11-22(26)12-8-20/h3-14,16-17,24H,15,27-28H2,1-2H3/p+1/b25-16-/t17?,24-/m0/s1. The fourth-order valence-electron chi connectivity index (χ4n) is 3.25. The molecule has 0 aliphatic carbocycles. The lowest BCUT2D eigenvalue weighted by atomic mass is 9.89. The zero-order chi connectivity index (χ0) is 21.5. The van der Waals surface area contributed by atoms with E-state index in [4.69, 9.17) is 10.5 Å². The van der Waals surface area contributed by atoms with Crippen LogP contribution in [0.5, 0.6) is 5.75 Å². The third kappa shape index (κ3) is 5.88. The maximum Gasteiger partial charge on any atom is 0.132 e. The lowest BCUT2D eigenvalue weighted by Gasteiger charge is -2.19. The Labute approximate surface area is 181 Å². The predicted molar refractivity (Wildman–Crippen MR) is 123 cm³/mol. The van der Waals surface area contributed by atoms with Crippen LogP contribution in [0, 0.1) is 5.82 Å². The summed E-state index contributed by atoms with van der Waals surface area (Å²) in [4.78, 5) is 0. The average Bonchev–Trinajstić information content (AvgIpc) is 2.77. The Morgan fingerprint density at radius 3 is 2.10 bits per heavy atom. The number of allylic oxidation sites excluding steroid dienone is 1. The van der Waals surface area contributed by atoms with Gasteiger partial charge in [0.1, 0.15) is 16.9 Å². The Morgan fingerprint density at radius 2 is 1.57 bits per heavy atom. The Hall–Kier alpha value is -2.76. The average molecular weight is 424 g/mol. The molecule has 0 spiro atoms. The molecule has 2 atom stereocenters. The Kier molecular flexibility index (Phi) is 7.55. The summed E-state index contributed by atoms with van der Waals surface area (Å²) in [5, 5.41) is 2.24. The number of halogens is 1. The molecule has 156 valence electrons. The van der Waals surface area contributed by atoms with Crippen LogP contribution in [0.1, 0.15) is 24.0 Å². The number of hydrogen-bond donors (Lipinski definition) is 2. The number of thioether (sulfide) groups is 1. The lowest BCUT2D eigenvalue weighted by Crippen LogP contribution is -2.56. The molecule has 1 unspecified atom stereocenters. The number of quaternary nitrogens is 1. The van der Waals surface area contributed by atoms with Crippen molar-refractivity contribution in [2.24, 2.45) is 5.73 Å². The number of nitrogens with two attached hydrogens (primary N) is 1. The second kappa shape index (κ2) is 10.3. The number of hydrogen-bond acceptors (Lipinski definition) is 3. The summed E-state index contributed by atoms with van der Waals surface area (Å²) < 4.78 is 18.5. The number of ether oxygens (including phenoxy) is 1. The van der Waals surface area contributed by atoms with Crippen LogP contribution in [0.2, 0.25) is 0 Å². The number of benzene rings is 3. The molecule has 0 fully saturated rings. The SMILES string of the molecule is COc1ccc([C@H](Cc2ccc(-c3ccc(F)cc3)cc2)/C(N)=C/SC(C)[NH3+])cc1. The van der Waals surface area contributed by atoms with Crippen LogP contribution in [-0.2, 0) is 6.42 Å². The first-order valence-electron chi connectivity index (χ1n) is 9.89. The van der Waals surface area contributed by atoms with Gasteiger partial charge in [-0.3, -0.25) is 0 Å². The molecule has 3 aromatic carbocycles. The van der Waals surface area contributed by atoms with Crippen molar-refractivity contribution in [2.75, 3.05) is 7.11 Å². The molecule has 5 N–H and O–H groups in total. The summed E-state index contributed by atoms with van der Waals surface area (Å²) in [6.45, 7) is 2.05. The Bertz CT molecular complexity index is 968. The molecule has 0 aliphatic rings. The van der Waals surface area contributed by atoms with Crippen molar-refractivity contribution in [3.05, 3.63) is 101 Å². The van der Waals surface area contributed by atoms with Gasteiger partial charge < -0.3 is 16.2 Å². The maximum atomic E-state index is 13.2. The van der Waals surface area contributed by atoms with Gasteiger partial charge in [-0.25, -0.2) is 4.39 Å². The van der Waals surface area contributed by atoms with Crippen LogP contribution in [0.25, 0.3) is 11.1 Å². The second-order valence-corrected chi connectivity index (χ2v) is 8.61. The number of rotatable bonds is 8. The fraction of sp³-hybridized carbons (Fsp3) is 0.200. The van der Waals surface area contributed by atoms with E-state index in [1.807, 2.05) is 24.5 Å². The summed E-state index contributed by atoms with van der Waals surface area (Å²) in [5.74, 6) is 0.651. The topological polar surface area (TPSA) is 62.9 Å². The zero-order valence-electron chi connectivity index (χ0n) is 17.3. The van der Waals surface area contributed by atoms with Crippen molar-refractivity contribution in [3.8, 4) is 16.9 Å². The van der Waals surface area contributed by atoms with Gasteiger partial charge in [0.25, 0.3) is 0 Å². The molecular weight excluding hydrogens is 395 g/mol. The zero-order valence-corrected chi connectivity index (χ0v) is 18.2. The predicted octanol–water partition coefficient (Wildman–Crippen LogP) is 4.95. The highest BCUT2D eigenvalue weighted by Gasteiger charge is 2.16. The minimum Gasteiger partial charge on any atom is -0.497 e. The van der Waals surface area contributed by atoms with Crippen LogP contribution in [0.4, 0.5) is 4.39 Å². The first kappa shape index (κ1) is 21.9. The largest absolute Gasteiger partial charge is 0.497 e. The van der Waals surface area contributed by atoms with Crippen molar-refractivity contribution < 1.29 is 14.9 Å².